The van der Waals surface area contributed by atoms with Crippen LogP contribution >= 0.6 is 11.8 Å². The van der Waals surface area contributed by atoms with Crippen molar-refractivity contribution in [1.29, 1.82) is 0 Å². The van der Waals surface area contributed by atoms with Crippen LogP contribution in [0.5, 0.6) is 0 Å². The fourth-order valence-electron chi connectivity index (χ4n) is 3.22. The summed E-state index contributed by atoms with van der Waals surface area (Å²) in [6.07, 6.45) is 11.2. The Kier molecular flexibility index (Phi) is 3.46. The monoisotopic (exact) mass is 246 g/mol. The van der Waals surface area contributed by atoms with Crippen molar-refractivity contribution in [2.24, 2.45) is 0 Å². The maximum atomic E-state index is 2.42. The van der Waals surface area contributed by atoms with Crippen LogP contribution in [0.25, 0.3) is 0 Å². The standard InChI is InChI=1S/C16H22S/c1-2-3-7-13-10-11-14-16(17-14)15(13)12-8-5-4-6-9-12/h10-12H,2-9H2,1H3. The maximum Gasteiger partial charge on any atom is 0.0300 e. The second-order valence-electron chi connectivity index (χ2n) is 5.51. The van der Waals surface area contributed by atoms with E-state index in [4.69, 9.17) is 0 Å². The van der Waals surface area contributed by atoms with Gasteiger partial charge in [-0.3, -0.25) is 0 Å². The summed E-state index contributed by atoms with van der Waals surface area (Å²) in [6.45, 7) is 2.30. The molecule has 92 valence electrons. The van der Waals surface area contributed by atoms with E-state index in [9.17, 15) is 0 Å². The highest BCUT2D eigenvalue weighted by atomic mass is 32.2. The first-order chi connectivity index (χ1) is 8.40. The molecule has 0 saturated heterocycles. The van der Waals surface area contributed by atoms with Gasteiger partial charge in [0.15, 0.2) is 0 Å². The molecular formula is C16H22S. The molecule has 1 aliphatic carbocycles. The van der Waals surface area contributed by atoms with Gasteiger partial charge in [-0.2, -0.15) is 0 Å². The second kappa shape index (κ2) is 5.06. The van der Waals surface area contributed by atoms with Crippen LogP contribution in [0.4, 0.5) is 0 Å². The molecule has 0 aromatic heterocycles. The third-order valence-electron chi connectivity index (χ3n) is 4.23. The average Bonchev–Trinajstić information content (AvgIpc) is 3.15. The van der Waals surface area contributed by atoms with Gasteiger partial charge in [0.05, 0.1) is 0 Å². The molecule has 0 atom stereocenters. The lowest BCUT2D eigenvalue weighted by Crippen LogP contribution is -2.07. The molecule has 1 saturated carbocycles. The average molecular weight is 246 g/mol. The van der Waals surface area contributed by atoms with E-state index in [1.165, 1.54) is 51.4 Å². The minimum atomic E-state index is 0.889. The van der Waals surface area contributed by atoms with Crippen molar-refractivity contribution in [3.05, 3.63) is 23.3 Å². The Morgan fingerprint density at radius 2 is 2.00 bits per heavy atom. The summed E-state index contributed by atoms with van der Waals surface area (Å²) in [6, 6.07) is 4.76. The molecule has 1 aromatic carbocycles. The van der Waals surface area contributed by atoms with Crippen molar-refractivity contribution in [3.8, 4) is 0 Å². The Balaban J connectivity index is 1.86. The normalized spacial score (nSPS) is 19.1. The fourth-order valence-corrected chi connectivity index (χ4v) is 4.11. The molecule has 2 aliphatic rings. The van der Waals surface area contributed by atoms with E-state index in [-0.39, 0.29) is 0 Å². The van der Waals surface area contributed by atoms with Crippen LogP contribution in [-0.2, 0) is 6.42 Å². The Hall–Kier alpha value is -0.430. The molecule has 0 spiro atoms. The van der Waals surface area contributed by atoms with Crippen molar-refractivity contribution in [2.45, 2.75) is 74.0 Å². The van der Waals surface area contributed by atoms with Crippen LogP contribution in [0.2, 0.25) is 0 Å². The van der Waals surface area contributed by atoms with Crippen LogP contribution in [0, 0.1) is 0 Å². The highest BCUT2D eigenvalue weighted by Crippen LogP contribution is 2.55. The highest BCUT2D eigenvalue weighted by Gasteiger charge is 2.29. The predicted octanol–water partition coefficient (Wildman–Crippen LogP) is 5.54. The molecule has 1 aliphatic heterocycles. The first kappa shape index (κ1) is 11.6. The summed E-state index contributed by atoms with van der Waals surface area (Å²) < 4.78 is 0. The Morgan fingerprint density at radius 3 is 2.76 bits per heavy atom. The van der Waals surface area contributed by atoms with Crippen LogP contribution < -0.4 is 0 Å². The van der Waals surface area contributed by atoms with Crippen LogP contribution in [0.3, 0.4) is 0 Å². The Bertz CT molecular complexity index is 402. The van der Waals surface area contributed by atoms with E-state index in [1.807, 2.05) is 11.8 Å². The Morgan fingerprint density at radius 1 is 1.18 bits per heavy atom. The lowest BCUT2D eigenvalue weighted by atomic mass is 9.81. The SMILES string of the molecule is CCCCc1ccc2c(c1C1CCCCC1)S2. The molecule has 0 amide bonds. The molecule has 0 unspecified atom stereocenters. The summed E-state index contributed by atoms with van der Waals surface area (Å²) in [5.41, 5.74) is 3.43. The summed E-state index contributed by atoms with van der Waals surface area (Å²) >= 11 is 2.03. The minimum Gasteiger partial charge on any atom is -0.0874 e. The van der Waals surface area contributed by atoms with Gasteiger partial charge in [-0.25, -0.2) is 0 Å². The van der Waals surface area contributed by atoms with Gasteiger partial charge in [0.2, 0.25) is 0 Å². The van der Waals surface area contributed by atoms with Crippen molar-refractivity contribution in [2.75, 3.05) is 0 Å². The zero-order valence-electron chi connectivity index (χ0n) is 10.8. The van der Waals surface area contributed by atoms with Crippen LogP contribution in [0.1, 0.15) is 68.9 Å². The quantitative estimate of drug-likeness (QED) is 0.638. The number of fused-ring (bicyclic) bond motifs is 1. The van der Waals surface area contributed by atoms with E-state index < -0.39 is 0 Å². The molecule has 0 bridgehead atoms. The first-order valence-corrected chi connectivity index (χ1v) is 8.05. The summed E-state index contributed by atoms with van der Waals surface area (Å²) in [4.78, 5) is 3.22. The zero-order valence-corrected chi connectivity index (χ0v) is 11.6. The predicted molar refractivity (Wildman–Crippen MR) is 75.0 cm³/mol. The fraction of sp³-hybridized carbons (Fsp3) is 0.625. The van der Waals surface area contributed by atoms with Gasteiger partial charge >= 0.3 is 0 Å². The first-order valence-electron chi connectivity index (χ1n) is 7.23. The molecule has 1 fully saturated rings. The lowest BCUT2D eigenvalue weighted by molar-refractivity contribution is 0.437. The highest BCUT2D eigenvalue weighted by molar-refractivity contribution is 8.05. The van der Waals surface area contributed by atoms with Crippen molar-refractivity contribution >= 4 is 11.8 Å². The van der Waals surface area contributed by atoms with Gasteiger partial charge in [-0.05, 0) is 48.8 Å². The smallest absolute Gasteiger partial charge is 0.0300 e. The van der Waals surface area contributed by atoms with E-state index in [0.29, 0.717) is 0 Å². The van der Waals surface area contributed by atoms with Gasteiger partial charge < -0.3 is 0 Å². The van der Waals surface area contributed by atoms with Gasteiger partial charge in [0, 0.05) is 9.79 Å². The minimum absolute atomic E-state index is 0.889. The number of hydrogen-bond donors (Lipinski definition) is 0. The van der Waals surface area contributed by atoms with Gasteiger partial charge in [0.25, 0.3) is 0 Å². The zero-order chi connectivity index (χ0) is 11.7. The number of rotatable bonds is 4. The summed E-state index contributed by atoms with van der Waals surface area (Å²) in [5.74, 6) is 0.889. The van der Waals surface area contributed by atoms with E-state index in [2.05, 4.69) is 19.1 Å². The molecule has 0 N–H and O–H groups in total. The maximum absolute atomic E-state index is 2.42. The largest absolute Gasteiger partial charge is 0.0874 e. The lowest BCUT2D eigenvalue weighted by Gasteiger charge is -2.24. The molecular weight excluding hydrogens is 224 g/mol. The summed E-state index contributed by atoms with van der Waals surface area (Å²) in [7, 11) is 0. The molecule has 1 aromatic rings. The van der Waals surface area contributed by atoms with Crippen LogP contribution in [-0.4, -0.2) is 0 Å². The number of hydrogen-bond acceptors (Lipinski definition) is 1. The molecule has 17 heavy (non-hydrogen) atoms. The number of aryl methyl sites for hydroxylation is 1. The van der Waals surface area contributed by atoms with E-state index in [0.717, 1.165) is 5.92 Å². The number of benzene rings is 1. The third-order valence-corrected chi connectivity index (χ3v) is 5.23. The molecule has 0 nitrogen and oxygen atoms in total. The molecule has 3 rings (SSSR count). The second-order valence-corrected chi connectivity index (χ2v) is 6.56. The number of unbranched alkanes of at least 4 members (excludes halogenated alkanes) is 1. The topological polar surface area (TPSA) is 0 Å². The van der Waals surface area contributed by atoms with E-state index >= 15 is 0 Å². The van der Waals surface area contributed by atoms with Gasteiger partial charge in [-0.1, -0.05) is 50.4 Å². The Labute approximate surface area is 109 Å². The van der Waals surface area contributed by atoms with Crippen molar-refractivity contribution < 1.29 is 0 Å². The van der Waals surface area contributed by atoms with E-state index in [1.54, 1.807) is 20.9 Å². The summed E-state index contributed by atoms with van der Waals surface area (Å²) in [5, 5.41) is 0. The molecule has 0 radical (unpaired) electrons. The molecule has 1 heteroatoms. The van der Waals surface area contributed by atoms with Crippen molar-refractivity contribution in [3.63, 3.8) is 0 Å². The van der Waals surface area contributed by atoms with Crippen LogP contribution in [0.15, 0.2) is 21.9 Å². The molecule has 1 heterocycles. The van der Waals surface area contributed by atoms with Crippen molar-refractivity contribution in [1.82, 2.24) is 0 Å². The third kappa shape index (κ3) is 2.40. The van der Waals surface area contributed by atoms with Gasteiger partial charge in [-0.15, -0.1) is 0 Å². The van der Waals surface area contributed by atoms with Gasteiger partial charge in [0.1, 0.15) is 0 Å².